The van der Waals surface area contributed by atoms with Gasteiger partial charge in [-0.25, -0.2) is 0 Å². The van der Waals surface area contributed by atoms with Crippen molar-refractivity contribution < 1.29 is 0 Å². The summed E-state index contributed by atoms with van der Waals surface area (Å²) >= 11 is 5.52. The molecule has 0 aliphatic carbocycles. The molecule has 0 aromatic carbocycles. The van der Waals surface area contributed by atoms with Crippen LogP contribution in [0.3, 0.4) is 0 Å². The van der Waals surface area contributed by atoms with Gasteiger partial charge in [-0.1, -0.05) is 0 Å². The molecule has 0 aromatic rings. The highest BCUT2D eigenvalue weighted by Gasteiger charge is 1.83. The van der Waals surface area contributed by atoms with Crippen LogP contribution in [-0.4, -0.2) is 18.1 Å². The third-order valence-corrected chi connectivity index (χ3v) is 0.642. The number of hydrogen-bond donors (Lipinski definition) is 1. The van der Waals surface area contributed by atoms with Crippen molar-refractivity contribution in [3.63, 3.8) is 0 Å². The Kier molecular flexibility index (Phi) is 4.76. The van der Waals surface area contributed by atoms with Crippen LogP contribution in [0.5, 0.6) is 0 Å². The molecular weight excluding hydrogens is 124 g/mol. The van der Waals surface area contributed by atoms with E-state index in [-0.39, 0.29) is 5.38 Å². The first-order chi connectivity index (χ1) is 3.77. The van der Waals surface area contributed by atoms with Crippen LogP contribution in [0, 0.1) is 0 Å². The van der Waals surface area contributed by atoms with E-state index in [1.165, 1.54) is 0 Å². The first-order valence-electron chi connectivity index (χ1n) is 2.67. The van der Waals surface area contributed by atoms with Crippen molar-refractivity contribution in [3.8, 4) is 0 Å². The molecule has 0 saturated carbocycles. The molecule has 2 nitrogen and oxygen atoms in total. The molecule has 0 spiro atoms. The lowest BCUT2D eigenvalue weighted by molar-refractivity contribution is 0.784. The minimum Gasteiger partial charge on any atom is -0.311 e. The molecule has 0 aliphatic rings. The molecule has 0 bridgehead atoms. The van der Waals surface area contributed by atoms with Gasteiger partial charge in [0.15, 0.2) is 0 Å². The Balaban J connectivity index is 3.07. The molecule has 0 saturated heterocycles. The van der Waals surface area contributed by atoms with Crippen molar-refractivity contribution >= 4 is 17.8 Å². The molecule has 48 valence electrons. The second kappa shape index (κ2) is 4.91. The minimum absolute atomic E-state index is 0.0223. The molecule has 0 fully saturated rings. The average Bonchev–Trinajstić information content (AvgIpc) is 1.66. The highest BCUT2D eigenvalue weighted by atomic mass is 35.5. The summed E-state index contributed by atoms with van der Waals surface area (Å²) in [4.78, 5) is 0. The maximum atomic E-state index is 5.52. The molecular formula is C5H11ClN2. The van der Waals surface area contributed by atoms with E-state index in [1.54, 1.807) is 6.21 Å². The van der Waals surface area contributed by atoms with E-state index in [4.69, 9.17) is 11.6 Å². The molecule has 0 radical (unpaired) electrons. The van der Waals surface area contributed by atoms with Crippen LogP contribution in [-0.2, 0) is 0 Å². The third kappa shape index (κ3) is 5.76. The zero-order valence-electron chi connectivity index (χ0n) is 5.19. The second-order valence-corrected chi connectivity index (χ2v) is 2.16. The van der Waals surface area contributed by atoms with Crippen LogP contribution in [0.4, 0.5) is 0 Å². The number of halogens is 1. The van der Waals surface area contributed by atoms with Crippen LogP contribution in [0.15, 0.2) is 5.10 Å². The van der Waals surface area contributed by atoms with Gasteiger partial charge in [-0.3, -0.25) is 0 Å². The number of nitrogens with one attached hydrogen (secondary N) is 1. The van der Waals surface area contributed by atoms with E-state index < -0.39 is 0 Å². The van der Waals surface area contributed by atoms with Crippen LogP contribution in [0.2, 0.25) is 0 Å². The molecule has 0 unspecified atom stereocenters. The molecule has 0 amide bonds. The van der Waals surface area contributed by atoms with E-state index in [0.29, 0.717) is 0 Å². The first kappa shape index (κ1) is 7.76. The van der Waals surface area contributed by atoms with Gasteiger partial charge in [-0.05, 0) is 13.8 Å². The zero-order valence-corrected chi connectivity index (χ0v) is 5.94. The lowest BCUT2D eigenvalue weighted by Gasteiger charge is -1.91. The summed E-state index contributed by atoms with van der Waals surface area (Å²) in [5.41, 5.74) is 2.76. The number of alkyl halides is 1. The third-order valence-electron chi connectivity index (χ3n) is 0.529. The van der Waals surface area contributed by atoms with Crippen LogP contribution in [0.1, 0.15) is 13.8 Å². The summed E-state index contributed by atoms with van der Waals surface area (Å²) < 4.78 is 0. The molecule has 0 rings (SSSR count). The van der Waals surface area contributed by atoms with Crippen molar-refractivity contribution in [2.24, 2.45) is 5.10 Å². The summed E-state index contributed by atoms with van der Waals surface area (Å²) in [6.45, 7) is 4.69. The lowest BCUT2D eigenvalue weighted by atomic mass is 10.5. The van der Waals surface area contributed by atoms with E-state index >= 15 is 0 Å². The fraction of sp³-hybridized carbons (Fsp3) is 0.800. The molecule has 0 aliphatic heterocycles. The summed E-state index contributed by atoms with van der Waals surface area (Å²) in [6, 6.07) is 0. The van der Waals surface area contributed by atoms with Crippen molar-refractivity contribution in [3.05, 3.63) is 0 Å². The number of hydrazone groups is 1. The molecule has 0 aromatic heterocycles. The van der Waals surface area contributed by atoms with E-state index in [9.17, 15) is 0 Å². The fourth-order valence-electron chi connectivity index (χ4n) is 0.247. The van der Waals surface area contributed by atoms with Gasteiger partial charge in [-0.2, -0.15) is 5.10 Å². The van der Waals surface area contributed by atoms with Gasteiger partial charge in [0.2, 0.25) is 0 Å². The smallest absolute Gasteiger partial charge is 0.0677 e. The maximum absolute atomic E-state index is 5.52. The maximum Gasteiger partial charge on any atom is 0.0677 e. The van der Waals surface area contributed by atoms with E-state index in [1.807, 2.05) is 13.8 Å². The molecule has 1 atom stereocenters. The van der Waals surface area contributed by atoms with Crippen molar-refractivity contribution in [1.82, 2.24) is 5.43 Å². The average molecular weight is 135 g/mol. The predicted octanol–water partition coefficient (Wildman–Crippen LogP) is 1.21. The second-order valence-electron chi connectivity index (χ2n) is 1.47. The van der Waals surface area contributed by atoms with Gasteiger partial charge in [0.05, 0.1) is 5.38 Å². The Morgan fingerprint density at radius 2 is 2.50 bits per heavy atom. The largest absolute Gasteiger partial charge is 0.311 e. The highest BCUT2D eigenvalue weighted by molar-refractivity contribution is 6.27. The monoisotopic (exact) mass is 134 g/mol. The predicted molar refractivity (Wildman–Crippen MR) is 37.5 cm³/mol. The van der Waals surface area contributed by atoms with Gasteiger partial charge in [0.25, 0.3) is 0 Å². The van der Waals surface area contributed by atoms with Crippen LogP contribution in [0.25, 0.3) is 0 Å². The number of nitrogens with zero attached hydrogens (tertiary/aromatic N) is 1. The Bertz CT molecular complexity index is 70.8. The normalized spacial score (nSPS) is 14.4. The number of rotatable bonds is 3. The van der Waals surface area contributed by atoms with E-state index in [2.05, 4.69) is 10.5 Å². The zero-order chi connectivity index (χ0) is 6.41. The van der Waals surface area contributed by atoms with Crippen molar-refractivity contribution in [2.75, 3.05) is 6.54 Å². The molecule has 1 N–H and O–H groups in total. The Hall–Kier alpha value is -0.240. The van der Waals surface area contributed by atoms with Gasteiger partial charge >= 0.3 is 0 Å². The quantitative estimate of drug-likeness (QED) is 0.350. The Morgan fingerprint density at radius 1 is 1.88 bits per heavy atom. The Morgan fingerprint density at radius 3 is 2.88 bits per heavy atom. The summed E-state index contributed by atoms with van der Waals surface area (Å²) in [5, 5.41) is 3.80. The van der Waals surface area contributed by atoms with E-state index in [0.717, 1.165) is 6.54 Å². The van der Waals surface area contributed by atoms with Crippen molar-refractivity contribution in [1.29, 1.82) is 0 Å². The Labute approximate surface area is 54.9 Å². The SMILES string of the molecule is CCN/N=C\[C@@H](C)Cl. The van der Waals surface area contributed by atoms with Gasteiger partial charge in [-0.15, -0.1) is 11.6 Å². The summed E-state index contributed by atoms with van der Waals surface area (Å²) in [5.74, 6) is 0. The molecule has 8 heavy (non-hydrogen) atoms. The van der Waals surface area contributed by atoms with Crippen LogP contribution >= 0.6 is 11.6 Å². The first-order valence-corrected chi connectivity index (χ1v) is 3.11. The molecule has 3 heteroatoms. The van der Waals surface area contributed by atoms with Gasteiger partial charge in [0.1, 0.15) is 0 Å². The molecule has 0 heterocycles. The fourth-order valence-corrected chi connectivity index (χ4v) is 0.303. The van der Waals surface area contributed by atoms with Crippen LogP contribution < -0.4 is 5.43 Å². The summed E-state index contributed by atoms with van der Waals surface area (Å²) in [7, 11) is 0. The highest BCUT2D eigenvalue weighted by Crippen LogP contribution is 1.85. The van der Waals surface area contributed by atoms with Gasteiger partial charge < -0.3 is 5.43 Å². The van der Waals surface area contributed by atoms with Crippen molar-refractivity contribution in [2.45, 2.75) is 19.2 Å². The minimum atomic E-state index is 0.0223. The lowest BCUT2D eigenvalue weighted by Crippen LogP contribution is -2.05. The number of hydrogen-bond acceptors (Lipinski definition) is 2. The standard InChI is InChI=1S/C5H11ClN2/c1-3-7-8-4-5(2)6/h4-5,7H,3H2,1-2H3/b8-4-/t5-/m1/s1. The topological polar surface area (TPSA) is 24.4 Å². The summed E-state index contributed by atoms with van der Waals surface area (Å²) in [6.07, 6.45) is 1.66. The van der Waals surface area contributed by atoms with Gasteiger partial charge in [0, 0.05) is 12.8 Å².